The third kappa shape index (κ3) is 41.4. The van der Waals surface area contributed by atoms with Crippen molar-refractivity contribution >= 4 is 129 Å². The number of piperidine rings is 5. The van der Waals surface area contributed by atoms with Gasteiger partial charge in [-0.1, -0.05) is 116 Å². The van der Waals surface area contributed by atoms with E-state index in [1.54, 1.807) is 84.6 Å². The molecule has 10 aliphatic rings. The number of aryl methyl sites for hydroxylation is 5. The number of hydrogen-bond acceptors (Lipinski definition) is 24. The van der Waals surface area contributed by atoms with Crippen LogP contribution < -0.4 is 78.6 Å². The molecule has 11 amide bonds. The minimum Gasteiger partial charge on any atom is -0.449 e. The van der Waals surface area contributed by atoms with Gasteiger partial charge in [0.2, 0.25) is 0 Å². The number of hydrogen-bond donors (Lipinski definition) is 11. The molecule has 0 radical (unpaired) electrons. The molecule has 5 aromatic heterocycles. The van der Waals surface area contributed by atoms with E-state index >= 15 is 0 Å². The van der Waals surface area contributed by atoms with E-state index in [2.05, 4.69) is 86.0 Å². The molecule has 824 valence electrons. The number of esters is 1. The Morgan fingerprint density at radius 3 is 0.840 bits per heavy atom. The summed E-state index contributed by atoms with van der Waals surface area (Å²) in [6.45, 7) is 27.0. The second-order valence-electron chi connectivity index (χ2n) is 43.4. The number of likely N-dealkylation sites (tertiary alicyclic amines) is 4. The molecule has 0 aromatic carbocycles. The molecule has 5 saturated carbocycles. The predicted molar refractivity (Wildman–Crippen MR) is 574 cm³/mol. The minimum atomic E-state index is -4.73. The maximum atomic E-state index is 13.0. The minimum absolute atomic E-state index is 0. The molecule has 3 unspecified atom stereocenters. The van der Waals surface area contributed by atoms with Crippen molar-refractivity contribution in [1.29, 1.82) is 0 Å². The quantitative estimate of drug-likeness (QED) is 0.0162. The summed E-state index contributed by atoms with van der Waals surface area (Å²) in [5.74, 6) is -2.18. The number of anilines is 10. The summed E-state index contributed by atoms with van der Waals surface area (Å²) in [5, 5.41) is 21.5. The molecule has 10 fully saturated rings. The zero-order valence-electron chi connectivity index (χ0n) is 91.2. The summed E-state index contributed by atoms with van der Waals surface area (Å²) in [6.07, 6.45) is 51.8. The fraction of sp³-hybridized carbons (Fsp3) is 0.658. The van der Waals surface area contributed by atoms with Crippen LogP contribution in [0.3, 0.4) is 0 Å². The average Bonchev–Trinajstić information content (AvgIpc) is 0.824. The van der Waals surface area contributed by atoms with Crippen molar-refractivity contribution in [3.8, 4) is 0 Å². The molecular formula is C111H168F3LiN20O15. The van der Waals surface area contributed by atoms with E-state index in [0.29, 0.717) is 107 Å². The van der Waals surface area contributed by atoms with E-state index in [4.69, 9.17) is 26.7 Å². The van der Waals surface area contributed by atoms with E-state index in [1.807, 2.05) is 35.5 Å². The molecule has 5 atom stereocenters. The smallest absolute Gasteiger partial charge is 0.449 e. The number of nitrogens with one attached hydrogen (secondary N) is 8. The molecule has 5 aromatic rings. The van der Waals surface area contributed by atoms with Gasteiger partial charge in [0.15, 0.2) is 6.61 Å². The summed E-state index contributed by atoms with van der Waals surface area (Å²) >= 11 is 0. The van der Waals surface area contributed by atoms with Crippen LogP contribution in [0.1, 0.15) is 346 Å². The average molecular weight is 2090 g/mol. The van der Waals surface area contributed by atoms with Crippen LogP contribution in [0.15, 0.2) is 61.3 Å². The van der Waals surface area contributed by atoms with Crippen molar-refractivity contribution in [2.75, 3.05) is 93.7 Å². The molecule has 39 heteroatoms. The van der Waals surface area contributed by atoms with Gasteiger partial charge in [-0.25, -0.2) is 39.3 Å². The molecule has 5 aliphatic carbocycles. The Labute approximate surface area is 897 Å². The normalized spacial score (nSPS) is 20.0. The molecule has 0 bridgehead atoms. The Morgan fingerprint density at radius 2 is 0.600 bits per heavy atom. The van der Waals surface area contributed by atoms with Crippen LogP contribution in [0, 0.1) is 71.1 Å². The van der Waals surface area contributed by atoms with Crippen LogP contribution in [0.4, 0.5) is 80.3 Å². The van der Waals surface area contributed by atoms with Gasteiger partial charge in [0.05, 0.1) is 59.4 Å². The fourth-order valence-corrected chi connectivity index (χ4v) is 21.7. The Morgan fingerprint density at radius 1 is 0.353 bits per heavy atom. The maximum absolute atomic E-state index is 13.0. The number of unbranched alkanes of at least 4 members (excludes halogenated alkanes) is 1. The largest absolute Gasteiger partial charge is 1.00 e. The van der Waals surface area contributed by atoms with Crippen molar-refractivity contribution in [3.05, 3.63) is 96.1 Å². The van der Waals surface area contributed by atoms with Gasteiger partial charge in [0.1, 0.15) is 40.3 Å². The number of amides is 11. The van der Waals surface area contributed by atoms with Gasteiger partial charge in [-0.3, -0.25) is 53.8 Å². The van der Waals surface area contributed by atoms with Gasteiger partial charge in [-0.05, 0) is 325 Å². The van der Waals surface area contributed by atoms with E-state index in [1.165, 1.54) is 211 Å². The van der Waals surface area contributed by atoms with Crippen molar-refractivity contribution in [2.24, 2.45) is 29.6 Å². The Kier molecular flexibility index (Phi) is 51.3. The summed E-state index contributed by atoms with van der Waals surface area (Å²) in [4.78, 5) is 175. The van der Waals surface area contributed by atoms with Crippen molar-refractivity contribution in [3.63, 3.8) is 0 Å². The first-order valence-electron chi connectivity index (χ1n) is 54.6. The number of aromatic nitrogens is 5. The summed E-state index contributed by atoms with van der Waals surface area (Å²) < 4.78 is 50.0. The second-order valence-corrected chi connectivity index (χ2v) is 43.4. The molecular weight excluding hydrogens is 1920 g/mol. The monoisotopic (exact) mass is 2090 g/mol. The number of rotatable bonds is 14. The molecule has 5 aliphatic heterocycles. The number of pyridine rings is 5. The number of halogens is 3. The van der Waals surface area contributed by atoms with Crippen molar-refractivity contribution in [1.82, 2.24) is 49.8 Å². The molecule has 5 saturated heterocycles. The van der Waals surface area contributed by atoms with E-state index in [9.17, 15) is 70.7 Å². The number of carbonyl (C=O) groups is 12. The summed E-state index contributed by atoms with van der Waals surface area (Å²) in [7, 11) is 0. The van der Waals surface area contributed by atoms with Gasteiger partial charge in [-0.2, -0.15) is 19.6 Å². The summed E-state index contributed by atoms with van der Waals surface area (Å²) in [5.41, 5.74) is 21.2. The third-order valence-electron chi connectivity index (χ3n) is 29.3. The molecule has 10 heterocycles. The topological polar surface area (TPSA) is 484 Å². The summed E-state index contributed by atoms with van der Waals surface area (Å²) in [6, 6.07) is 9.97. The SMILES string of the molecule is C1CCC(C2CCCCN2)CC1.Cc1cc(NC(=O)C(=O)N2CCCCC2C2CCCCC2)cnc1N.Cc1cc(NC(=O)C(=O)N2CCCCC2C2CCCCC2)cnc1NC(=O)OC(C)(C)C.Cc1cc(NC(=O)C(=O)N2CCCC[C@@H]2C2CCCCC2)cnc1N.Cc1cc(NC(=O)C(=O)N2CCCC[C@H]2C2CCCCC2)cnc1N.Cc1cc(NC(=O)C(=O)OCC(F)(F)F)cnc1NC(=O)OC(C)(C)C.[CH2-]CCC.[Li+]. The van der Waals surface area contributed by atoms with Crippen LogP contribution in [0.2, 0.25) is 0 Å². The number of ether oxygens (including phenoxy) is 3. The number of nitrogens with two attached hydrogens (primary N) is 3. The fourth-order valence-electron chi connectivity index (χ4n) is 21.7. The van der Waals surface area contributed by atoms with Gasteiger partial charge >= 0.3 is 96.4 Å². The first-order chi connectivity index (χ1) is 71.0. The molecule has 0 spiro atoms. The Hall–Kier alpha value is -11.3. The second kappa shape index (κ2) is 62.0. The van der Waals surface area contributed by atoms with Gasteiger partial charge in [0, 0.05) is 56.4 Å². The third-order valence-corrected chi connectivity index (χ3v) is 29.3. The van der Waals surface area contributed by atoms with Crippen LogP contribution in [-0.4, -0.2) is 203 Å². The molecule has 150 heavy (non-hydrogen) atoms. The van der Waals surface area contributed by atoms with E-state index in [0.717, 1.165) is 131 Å². The Balaban J connectivity index is 0.000000220. The standard InChI is InChI=1S/C24H36N4O4.3C19H28N4O2.C15H18F3N3O5.C11H21N.C4H9.Li/c1-16-14-18(15-25-20(16)27-23(31)32-24(2,3)4)26-21(29)22(30)28-13-9-8-12-19(28)17-10-6-5-7-11-17;3*1-13-11-15(12-21-17(13)20)22-18(24)19(25)23-10-6-5-9-16(23)14-7-3-2-4-8-14;1-8-5-9(20-11(22)12(23)25-7-15(16,17)18)6-19-10(8)21-13(24)26-14(2,3)4;1-2-6-10(7-3-1)11-8-4-5-9-12-11;1-3-4-2;/h14-15,17,19H,5-13H2,1-4H3,(H,26,29)(H,25,27,31);3*11-12,14,16H,2-10H2,1H3,(H2,20,21)(H,22,24);5-6H,7H2,1-4H3,(H,20,22)(H,19,21,24);10-12H,1-9H2;1,3-4H2,2H3;/q;;;;;;-1;+1/t;2*16-;;;;;/m.10...../s1. The van der Waals surface area contributed by atoms with Gasteiger partial charge in [-0.15, -0.1) is 0 Å². The number of nitrogens with zero attached hydrogens (tertiary/aromatic N) is 9. The predicted octanol–water partition coefficient (Wildman–Crippen LogP) is 17.4. The zero-order chi connectivity index (χ0) is 108. The molecule has 35 nitrogen and oxygen atoms in total. The first-order valence-corrected chi connectivity index (χ1v) is 54.6. The molecule has 15 rings (SSSR count). The maximum Gasteiger partial charge on any atom is 1.00 e. The van der Waals surface area contributed by atoms with E-state index < -0.39 is 95.3 Å². The number of nitrogen functional groups attached to an aromatic ring is 3. The van der Waals surface area contributed by atoms with Crippen LogP contribution in [0.25, 0.3) is 0 Å². The molecule has 14 N–H and O–H groups in total. The first kappa shape index (κ1) is 124. The Bertz CT molecular complexity index is 4920. The van der Waals surface area contributed by atoms with Gasteiger partial charge in [0.25, 0.3) is 0 Å². The zero-order valence-corrected chi connectivity index (χ0v) is 91.2. The van der Waals surface area contributed by atoms with E-state index in [-0.39, 0.29) is 54.5 Å². The van der Waals surface area contributed by atoms with Crippen molar-refractivity contribution in [2.45, 2.75) is 400 Å². The van der Waals surface area contributed by atoms with Gasteiger partial charge < -0.3 is 89.8 Å². The number of carbonyl (C=O) groups excluding carboxylic acids is 12. The van der Waals surface area contributed by atoms with Crippen LogP contribution >= 0.6 is 0 Å². The van der Waals surface area contributed by atoms with Crippen LogP contribution in [-0.2, 0) is 62.2 Å². The van der Waals surface area contributed by atoms with Crippen LogP contribution in [0.5, 0.6) is 0 Å². The van der Waals surface area contributed by atoms with Crippen molar-refractivity contribution < 1.29 is 104 Å². The number of alkyl halides is 3.